The molecule has 0 aliphatic carbocycles. The zero-order valence-electron chi connectivity index (χ0n) is 8.59. The van der Waals surface area contributed by atoms with E-state index in [1.165, 1.54) is 0 Å². The number of hydrogen-bond donors (Lipinski definition) is 2. The molecule has 3 N–H and O–H groups in total. The highest BCUT2D eigenvalue weighted by Crippen LogP contribution is 2.23. The van der Waals surface area contributed by atoms with E-state index in [2.05, 4.69) is 0 Å². The first-order chi connectivity index (χ1) is 7.80. The number of sulfonamides is 1. The van der Waals surface area contributed by atoms with Crippen LogP contribution in [0.3, 0.4) is 0 Å². The highest BCUT2D eigenvalue weighted by atomic mass is 32.2. The van der Waals surface area contributed by atoms with Gasteiger partial charge in [0.2, 0.25) is 10.0 Å². The van der Waals surface area contributed by atoms with E-state index in [1.807, 2.05) is 0 Å². The number of hydrogen-bond acceptors (Lipinski definition) is 4. The summed E-state index contributed by atoms with van der Waals surface area (Å²) in [6.07, 6.45) is -0.304. The second-order valence-corrected chi connectivity index (χ2v) is 4.66. The molecular formula is C9H10FNO5S. The number of carbonyl (C=O) groups is 1. The quantitative estimate of drug-likeness (QED) is 0.795. The molecule has 17 heavy (non-hydrogen) atoms. The molecule has 0 heterocycles. The van der Waals surface area contributed by atoms with Crippen LogP contribution in [0, 0.1) is 5.82 Å². The van der Waals surface area contributed by atoms with Crippen molar-refractivity contribution in [3.8, 4) is 5.75 Å². The van der Waals surface area contributed by atoms with E-state index in [4.69, 9.17) is 15.0 Å². The Morgan fingerprint density at radius 1 is 1.47 bits per heavy atom. The van der Waals surface area contributed by atoms with Crippen molar-refractivity contribution < 1.29 is 27.4 Å². The maximum absolute atomic E-state index is 12.9. The summed E-state index contributed by atoms with van der Waals surface area (Å²) in [5.74, 6) is -2.04. The van der Waals surface area contributed by atoms with Gasteiger partial charge in [-0.3, -0.25) is 4.79 Å². The average molecular weight is 263 g/mol. The minimum atomic E-state index is -4.12. The Morgan fingerprint density at radius 2 is 2.12 bits per heavy atom. The van der Waals surface area contributed by atoms with Gasteiger partial charge in [-0.2, -0.15) is 0 Å². The molecule has 0 saturated heterocycles. The van der Waals surface area contributed by atoms with Gasteiger partial charge in [0, 0.05) is 0 Å². The smallest absolute Gasteiger partial charge is 0.306 e. The van der Waals surface area contributed by atoms with Gasteiger partial charge in [-0.1, -0.05) is 0 Å². The van der Waals surface area contributed by atoms with E-state index in [-0.39, 0.29) is 18.8 Å². The Morgan fingerprint density at radius 3 is 2.65 bits per heavy atom. The molecule has 1 aromatic carbocycles. The summed E-state index contributed by atoms with van der Waals surface area (Å²) in [7, 11) is -4.12. The van der Waals surface area contributed by atoms with Crippen molar-refractivity contribution in [1.82, 2.24) is 0 Å². The van der Waals surface area contributed by atoms with Gasteiger partial charge < -0.3 is 9.84 Å². The third kappa shape index (κ3) is 4.00. The van der Waals surface area contributed by atoms with Gasteiger partial charge >= 0.3 is 5.97 Å². The normalized spacial score (nSPS) is 11.2. The maximum Gasteiger partial charge on any atom is 0.306 e. The summed E-state index contributed by atoms with van der Waals surface area (Å²) in [6.45, 7) is -0.233. The zero-order chi connectivity index (χ0) is 13.1. The van der Waals surface area contributed by atoms with Crippen molar-refractivity contribution in [3.63, 3.8) is 0 Å². The molecule has 0 unspecified atom stereocenters. The first kappa shape index (κ1) is 13.4. The van der Waals surface area contributed by atoms with Crippen molar-refractivity contribution in [1.29, 1.82) is 0 Å². The van der Waals surface area contributed by atoms with Crippen LogP contribution in [-0.4, -0.2) is 26.1 Å². The van der Waals surface area contributed by atoms with Crippen LogP contribution in [-0.2, 0) is 14.8 Å². The standard InChI is InChI=1S/C9H10FNO5S/c10-6-1-2-7(16-4-3-9(12)13)8(5-6)17(11,14)15/h1-2,5H,3-4H2,(H,12,13)(H2,11,14,15). The van der Waals surface area contributed by atoms with Crippen LogP contribution in [0.5, 0.6) is 5.75 Å². The number of ether oxygens (including phenoxy) is 1. The molecule has 0 radical (unpaired) electrons. The monoisotopic (exact) mass is 263 g/mol. The van der Waals surface area contributed by atoms with Gasteiger partial charge in [-0.05, 0) is 18.2 Å². The fraction of sp³-hybridized carbons (Fsp3) is 0.222. The summed E-state index contributed by atoms with van der Waals surface area (Å²) in [4.78, 5) is 9.73. The van der Waals surface area contributed by atoms with Crippen LogP contribution in [0.2, 0.25) is 0 Å². The maximum atomic E-state index is 12.9. The molecule has 0 aliphatic heterocycles. The number of carboxylic acid groups (broad SMARTS) is 1. The van der Waals surface area contributed by atoms with Crippen LogP contribution in [0.1, 0.15) is 6.42 Å². The number of rotatable bonds is 5. The van der Waals surface area contributed by atoms with Crippen LogP contribution < -0.4 is 9.88 Å². The van der Waals surface area contributed by atoms with E-state index >= 15 is 0 Å². The van der Waals surface area contributed by atoms with Crippen LogP contribution >= 0.6 is 0 Å². The second kappa shape index (κ2) is 5.11. The molecule has 0 bridgehead atoms. The highest BCUT2D eigenvalue weighted by molar-refractivity contribution is 7.89. The SMILES string of the molecule is NS(=O)(=O)c1cc(F)ccc1OCCC(=O)O. The van der Waals surface area contributed by atoms with Crippen LogP contribution in [0.15, 0.2) is 23.1 Å². The number of carboxylic acids is 1. The Hall–Kier alpha value is -1.67. The third-order valence-electron chi connectivity index (χ3n) is 1.79. The van der Waals surface area contributed by atoms with Gasteiger partial charge in [-0.15, -0.1) is 0 Å². The Kier molecular flexibility index (Phi) is 4.02. The van der Waals surface area contributed by atoms with Crippen molar-refractivity contribution in [2.75, 3.05) is 6.61 Å². The lowest BCUT2D eigenvalue weighted by Gasteiger charge is -2.09. The third-order valence-corrected chi connectivity index (χ3v) is 2.72. The topological polar surface area (TPSA) is 107 Å². The minimum absolute atomic E-state index is 0.171. The molecule has 8 heteroatoms. The first-order valence-electron chi connectivity index (χ1n) is 4.47. The van der Waals surface area contributed by atoms with Gasteiger partial charge in [0.15, 0.2) is 0 Å². The average Bonchev–Trinajstić information content (AvgIpc) is 2.18. The molecule has 0 aromatic heterocycles. The van der Waals surface area contributed by atoms with Crippen molar-refractivity contribution >= 4 is 16.0 Å². The fourth-order valence-corrected chi connectivity index (χ4v) is 1.76. The van der Waals surface area contributed by atoms with Gasteiger partial charge in [0.05, 0.1) is 13.0 Å². The Labute approximate surface area is 96.9 Å². The largest absolute Gasteiger partial charge is 0.492 e. The lowest BCUT2D eigenvalue weighted by molar-refractivity contribution is -0.137. The predicted octanol–water partition coefficient (Wildman–Crippen LogP) is 0.327. The van der Waals surface area contributed by atoms with Crippen molar-refractivity contribution in [2.45, 2.75) is 11.3 Å². The molecule has 6 nitrogen and oxygen atoms in total. The lowest BCUT2D eigenvalue weighted by Crippen LogP contribution is -2.15. The van der Waals surface area contributed by atoms with E-state index in [1.54, 1.807) is 0 Å². The Bertz CT molecular complexity index is 528. The lowest BCUT2D eigenvalue weighted by atomic mass is 10.3. The molecular weight excluding hydrogens is 253 g/mol. The van der Waals surface area contributed by atoms with Gasteiger partial charge in [0.1, 0.15) is 16.5 Å². The van der Waals surface area contributed by atoms with Gasteiger partial charge in [-0.25, -0.2) is 17.9 Å². The summed E-state index contributed by atoms with van der Waals surface area (Å²) in [6, 6.07) is 2.78. The Balaban J connectivity index is 2.95. The number of benzene rings is 1. The molecule has 0 aliphatic rings. The summed E-state index contributed by atoms with van der Waals surface area (Å²) >= 11 is 0. The summed E-state index contributed by atoms with van der Waals surface area (Å²) in [5, 5.41) is 13.2. The van der Waals surface area contributed by atoms with Crippen molar-refractivity contribution in [3.05, 3.63) is 24.0 Å². The predicted molar refractivity (Wildman–Crippen MR) is 55.5 cm³/mol. The molecule has 0 saturated carbocycles. The molecule has 1 rings (SSSR count). The first-order valence-corrected chi connectivity index (χ1v) is 6.02. The number of primary sulfonamides is 1. The van der Waals surface area contributed by atoms with Crippen LogP contribution in [0.4, 0.5) is 4.39 Å². The molecule has 0 spiro atoms. The van der Waals surface area contributed by atoms with E-state index in [9.17, 15) is 17.6 Å². The van der Waals surface area contributed by atoms with E-state index in [0.29, 0.717) is 6.07 Å². The van der Waals surface area contributed by atoms with Gasteiger partial charge in [0.25, 0.3) is 0 Å². The molecule has 1 aromatic rings. The fourth-order valence-electron chi connectivity index (χ4n) is 1.07. The minimum Gasteiger partial charge on any atom is -0.492 e. The summed E-state index contributed by atoms with van der Waals surface area (Å²) in [5.41, 5.74) is 0. The zero-order valence-corrected chi connectivity index (χ0v) is 9.41. The number of aliphatic carboxylic acids is 1. The van der Waals surface area contributed by atoms with Crippen molar-refractivity contribution in [2.24, 2.45) is 5.14 Å². The molecule has 0 fully saturated rings. The van der Waals surface area contributed by atoms with E-state index in [0.717, 1.165) is 12.1 Å². The second-order valence-electron chi connectivity index (χ2n) is 3.13. The highest BCUT2D eigenvalue weighted by Gasteiger charge is 2.16. The summed E-state index contributed by atoms with van der Waals surface area (Å²) < 4.78 is 40.0. The molecule has 94 valence electrons. The van der Waals surface area contributed by atoms with E-state index < -0.39 is 26.7 Å². The van der Waals surface area contributed by atoms with Crippen LogP contribution in [0.25, 0.3) is 0 Å². The molecule has 0 amide bonds. The molecule has 0 atom stereocenters. The number of nitrogens with two attached hydrogens (primary N) is 1. The number of halogens is 1.